The molecular weight excluding hydrogens is 198 g/mol. The van der Waals surface area contributed by atoms with Gasteiger partial charge in [-0.3, -0.25) is 9.59 Å². The molecule has 0 heterocycles. The lowest BCUT2D eigenvalue weighted by Crippen LogP contribution is -2.31. The van der Waals surface area contributed by atoms with E-state index in [0.29, 0.717) is 0 Å². The number of hydrogen-bond acceptors (Lipinski definition) is 4. The number of aliphatic carboxylic acids is 1. The van der Waals surface area contributed by atoms with Gasteiger partial charge in [-0.15, -0.1) is 0 Å². The van der Waals surface area contributed by atoms with Gasteiger partial charge in [-0.1, -0.05) is 0 Å². The molecule has 1 saturated carbocycles. The fourth-order valence-corrected chi connectivity index (χ4v) is 1.66. The Bertz CT molecular complexity index is 234. The maximum Gasteiger partial charge on any atom is 0.306 e. The molecule has 0 saturated heterocycles. The maximum atomic E-state index is 11.2. The third-order valence-corrected chi connectivity index (χ3v) is 2.56. The second kappa shape index (κ2) is 5.70. The van der Waals surface area contributed by atoms with Gasteiger partial charge in [0.25, 0.3) is 0 Å². The number of rotatable bonds is 4. The van der Waals surface area contributed by atoms with Crippen LogP contribution in [-0.2, 0) is 14.3 Å². The van der Waals surface area contributed by atoms with Gasteiger partial charge in [-0.2, -0.15) is 0 Å². The molecule has 0 aromatic rings. The Kier molecular flexibility index (Phi) is 4.55. The van der Waals surface area contributed by atoms with Gasteiger partial charge in [0, 0.05) is 6.04 Å². The molecule has 0 aliphatic heterocycles. The minimum absolute atomic E-state index is 0.0438. The van der Waals surface area contributed by atoms with Crippen molar-refractivity contribution >= 4 is 11.9 Å². The first-order chi connectivity index (χ1) is 7.08. The Balaban J connectivity index is 2.17. The highest BCUT2D eigenvalue weighted by Crippen LogP contribution is 2.20. The Morgan fingerprint density at radius 1 is 1.20 bits per heavy atom. The van der Waals surface area contributed by atoms with Crippen molar-refractivity contribution in [1.82, 2.24) is 0 Å². The van der Waals surface area contributed by atoms with Crippen molar-refractivity contribution in [2.45, 2.75) is 50.7 Å². The molecule has 0 spiro atoms. The highest BCUT2D eigenvalue weighted by Gasteiger charge is 2.21. The summed E-state index contributed by atoms with van der Waals surface area (Å²) in [5, 5.41) is 8.38. The molecule has 1 fully saturated rings. The van der Waals surface area contributed by atoms with Crippen LogP contribution in [-0.4, -0.2) is 29.2 Å². The second-order valence-corrected chi connectivity index (χ2v) is 3.92. The van der Waals surface area contributed by atoms with Crippen LogP contribution in [0, 0.1) is 0 Å². The smallest absolute Gasteiger partial charge is 0.306 e. The molecule has 0 aromatic carbocycles. The summed E-state index contributed by atoms with van der Waals surface area (Å²) in [6.45, 7) is 0. The molecule has 0 unspecified atom stereocenters. The van der Waals surface area contributed by atoms with Crippen LogP contribution in [0.15, 0.2) is 0 Å². The van der Waals surface area contributed by atoms with Crippen molar-refractivity contribution < 1.29 is 19.4 Å². The number of nitrogens with two attached hydrogens (primary N) is 1. The summed E-state index contributed by atoms with van der Waals surface area (Å²) in [5.74, 6) is -1.39. The number of carboxylic acid groups (broad SMARTS) is 1. The highest BCUT2D eigenvalue weighted by molar-refractivity contribution is 5.76. The Morgan fingerprint density at radius 3 is 2.33 bits per heavy atom. The lowest BCUT2D eigenvalue weighted by Gasteiger charge is -2.25. The van der Waals surface area contributed by atoms with Crippen LogP contribution < -0.4 is 5.73 Å². The topological polar surface area (TPSA) is 89.6 Å². The van der Waals surface area contributed by atoms with E-state index < -0.39 is 11.9 Å². The molecule has 5 nitrogen and oxygen atoms in total. The summed E-state index contributed by atoms with van der Waals surface area (Å²) in [6.07, 6.45) is 3.06. The molecule has 0 bridgehead atoms. The standard InChI is InChI=1S/C10H17NO4/c11-7-1-3-8(4-2-7)15-10(14)6-5-9(12)13/h7-8H,1-6,11H2,(H,12,13). The molecule has 0 atom stereocenters. The zero-order chi connectivity index (χ0) is 11.3. The number of esters is 1. The van der Waals surface area contributed by atoms with Crippen molar-refractivity contribution in [3.8, 4) is 0 Å². The second-order valence-electron chi connectivity index (χ2n) is 3.92. The van der Waals surface area contributed by atoms with Crippen molar-refractivity contribution in [3.63, 3.8) is 0 Å². The monoisotopic (exact) mass is 215 g/mol. The highest BCUT2D eigenvalue weighted by atomic mass is 16.5. The van der Waals surface area contributed by atoms with Crippen molar-refractivity contribution in [3.05, 3.63) is 0 Å². The molecule has 3 N–H and O–H groups in total. The quantitative estimate of drug-likeness (QED) is 0.672. The Morgan fingerprint density at radius 2 is 1.80 bits per heavy atom. The molecule has 0 amide bonds. The summed E-state index contributed by atoms with van der Waals surface area (Å²) >= 11 is 0. The molecule has 15 heavy (non-hydrogen) atoms. The first-order valence-corrected chi connectivity index (χ1v) is 5.25. The third kappa shape index (κ3) is 4.78. The molecule has 0 aromatic heterocycles. The van der Waals surface area contributed by atoms with E-state index in [1.54, 1.807) is 0 Å². The first kappa shape index (κ1) is 12.0. The molecule has 0 radical (unpaired) electrons. The van der Waals surface area contributed by atoms with Crippen LogP contribution in [0.25, 0.3) is 0 Å². The van der Waals surface area contributed by atoms with E-state index in [-0.39, 0.29) is 25.0 Å². The summed E-state index contributed by atoms with van der Waals surface area (Å²) < 4.78 is 5.13. The average Bonchev–Trinajstić information content (AvgIpc) is 2.19. The predicted molar refractivity (Wildman–Crippen MR) is 53.2 cm³/mol. The molecule has 1 aliphatic carbocycles. The fraction of sp³-hybridized carbons (Fsp3) is 0.800. The van der Waals surface area contributed by atoms with Crippen LogP contribution in [0.4, 0.5) is 0 Å². The van der Waals surface area contributed by atoms with Gasteiger partial charge in [-0.05, 0) is 25.7 Å². The van der Waals surface area contributed by atoms with Gasteiger partial charge < -0.3 is 15.6 Å². The van der Waals surface area contributed by atoms with Gasteiger partial charge >= 0.3 is 11.9 Å². The van der Waals surface area contributed by atoms with E-state index in [4.69, 9.17) is 15.6 Å². The molecule has 5 heteroatoms. The third-order valence-electron chi connectivity index (χ3n) is 2.56. The molecule has 86 valence electrons. The van der Waals surface area contributed by atoms with E-state index in [0.717, 1.165) is 25.7 Å². The van der Waals surface area contributed by atoms with Crippen LogP contribution >= 0.6 is 0 Å². The number of carboxylic acids is 1. The van der Waals surface area contributed by atoms with Gasteiger partial charge in [0.2, 0.25) is 0 Å². The van der Waals surface area contributed by atoms with E-state index in [9.17, 15) is 9.59 Å². The zero-order valence-corrected chi connectivity index (χ0v) is 8.65. The van der Waals surface area contributed by atoms with Gasteiger partial charge in [0.1, 0.15) is 6.10 Å². The molecule has 1 aliphatic rings. The van der Waals surface area contributed by atoms with Crippen molar-refractivity contribution in [2.75, 3.05) is 0 Å². The minimum atomic E-state index is -0.974. The van der Waals surface area contributed by atoms with E-state index >= 15 is 0 Å². The van der Waals surface area contributed by atoms with E-state index in [2.05, 4.69) is 0 Å². The van der Waals surface area contributed by atoms with Crippen LogP contribution in [0.3, 0.4) is 0 Å². The lowest BCUT2D eigenvalue weighted by molar-refractivity contribution is -0.153. The lowest BCUT2D eigenvalue weighted by atomic mass is 9.94. The van der Waals surface area contributed by atoms with E-state index in [1.807, 2.05) is 0 Å². The van der Waals surface area contributed by atoms with Gasteiger partial charge in [0.15, 0.2) is 0 Å². The first-order valence-electron chi connectivity index (χ1n) is 5.25. The van der Waals surface area contributed by atoms with E-state index in [1.165, 1.54) is 0 Å². The van der Waals surface area contributed by atoms with Crippen molar-refractivity contribution in [1.29, 1.82) is 0 Å². The maximum absolute atomic E-state index is 11.2. The number of ether oxygens (including phenoxy) is 1. The fourth-order valence-electron chi connectivity index (χ4n) is 1.66. The van der Waals surface area contributed by atoms with Gasteiger partial charge in [0.05, 0.1) is 12.8 Å². The van der Waals surface area contributed by atoms with Crippen LogP contribution in [0.2, 0.25) is 0 Å². The number of carbonyl (C=O) groups excluding carboxylic acids is 1. The molecule has 1 rings (SSSR count). The Hall–Kier alpha value is -1.10. The zero-order valence-electron chi connectivity index (χ0n) is 8.65. The summed E-state index contributed by atoms with van der Waals surface area (Å²) in [6, 6.07) is 0.221. The largest absolute Gasteiger partial charge is 0.481 e. The van der Waals surface area contributed by atoms with Crippen molar-refractivity contribution in [2.24, 2.45) is 5.73 Å². The minimum Gasteiger partial charge on any atom is -0.481 e. The van der Waals surface area contributed by atoms with Crippen LogP contribution in [0.5, 0.6) is 0 Å². The SMILES string of the molecule is NC1CCC(OC(=O)CCC(=O)O)CC1. The summed E-state index contributed by atoms with van der Waals surface area (Å²) in [4.78, 5) is 21.4. The Labute approximate surface area is 88.6 Å². The number of carbonyl (C=O) groups is 2. The summed E-state index contributed by atoms with van der Waals surface area (Å²) in [5.41, 5.74) is 5.71. The normalized spacial score (nSPS) is 25.9. The average molecular weight is 215 g/mol. The predicted octanol–water partition coefficient (Wildman–Crippen LogP) is 0.664. The molecular formula is C10H17NO4. The van der Waals surface area contributed by atoms with Crippen LogP contribution in [0.1, 0.15) is 38.5 Å². The number of hydrogen-bond donors (Lipinski definition) is 2. The summed E-state index contributed by atoms with van der Waals surface area (Å²) in [7, 11) is 0. The van der Waals surface area contributed by atoms with Gasteiger partial charge in [-0.25, -0.2) is 0 Å².